The third-order valence-corrected chi connectivity index (χ3v) is 19.5. The van der Waals surface area contributed by atoms with Crippen molar-refractivity contribution < 1.29 is 28.0 Å². The molecular weight excluding hydrogens is 1050 g/mol. The molecule has 0 radical (unpaired) electrons. The Balaban J connectivity index is 1.37. The smallest absolute Gasteiger partial charge is 0.344 e. The van der Waals surface area contributed by atoms with Gasteiger partial charge in [-0.25, -0.2) is 4.79 Å². The third-order valence-electron chi connectivity index (χ3n) is 16.7. The number of benzene rings is 1. The first-order chi connectivity index (χ1) is 39.5. The fraction of sp³-hybridized carbons (Fsp3) is 0.569. The standard InChI is InChI=1S/C72H100N2O6S2/c1-13-19-23-27-29-33-39-50(37-31-25-21-15-3)48-73-64(57-42-41-56(79-57)59-46-52-45-55(70(77)78-53(35-17-5)36-18-6)54-47-61(72(10,11)12)82-67(54)66(52)81-59)62-63(69(73)76)65(58-43-44-60(80-58)71(7,8)9)74(68(62)75)49-51(38-32-26-22-16-4)40-34-30-28-24-20-14-2/h17-18,35-36,41-47,50-51H,5,13-16,19-34,37-40,48-49H2,1-4,6-12H3/b36-18-,53-35+. The fourth-order valence-electron chi connectivity index (χ4n) is 11.9. The highest BCUT2D eigenvalue weighted by Gasteiger charge is 2.51. The highest BCUT2D eigenvalue weighted by Crippen LogP contribution is 2.51. The number of allylic oxidation sites excluding steroid dienone is 4. The molecule has 2 amide bonds. The quantitative estimate of drug-likeness (QED) is 0.0174. The summed E-state index contributed by atoms with van der Waals surface area (Å²) < 4.78 is 22.0. The summed E-state index contributed by atoms with van der Waals surface area (Å²) in [7, 11) is 0. The number of amides is 2. The summed E-state index contributed by atoms with van der Waals surface area (Å²) in [6.45, 7) is 28.8. The van der Waals surface area contributed by atoms with Crippen molar-refractivity contribution in [1.29, 1.82) is 0 Å². The molecule has 2 atom stereocenters. The molecule has 446 valence electrons. The molecule has 2 unspecified atom stereocenters. The van der Waals surface area contributed by atoms with Crippen LogP contribution >= 0.6 is 22.7 Å². The Morgan fingerprint density at radius 2 is 1.07 bits per heavy atom. The zero-order valence-electron chi connectivity index (χ0n) is 52.3. The van der Waals surface area contributed by atoms with E-state index >= 15 is 9.59 Å². The maximum Gasteiger partial charge on any atom is 0.344 e. The van der Waals surface area contributed by atoms with Gasteiger partial charge < -0.3 is 23.4 Å². The zero-order valence-corrected chi connectivity index (χ0v) is 53.9. The number of unbranched alkanes of at least 4 members (excludes halogenated alkanes) is 16. The van der Waals surface area contributed by atoms with Gasteiger partial charge in [0.15, 0.2) is 11.5 Å². The number of esters is 1. The summed E-state index contributed by atoms with van der Waals surface area (Å²) in [5.74, 6) is 2.76. The summed E-state index contributed by atoms with van der Waals surface area (Å²) in [5.41, 5.74) is 2.12. The molecule has 0 aliphatic carbocycles. The lowest BCUT2D eigenvalue weighted by Gasteiger charge is -2.29. The van der Waals surface area contributed by atoms with E-state index < -0.39 is 5.97 Å². The van der Waals surface area contributed by atoms with Crippen LogP contribution in [0.15, 0.2) is 99.1 Å². The van der Waals surface area contributed by atoms with Gasteiger partial charge in [0.1, 0.15) is 28.7 Å². The number of furan rings is 2. The average Bonchev–Trinajstić information content (AvgIpc) is 2.11. The van der Waals surface area contributed by atoms with Gasteiger partial charge in [0.2, 0.25) is 0 Å². The molecular formula is C72H100N2O6S2. The van der Waals surface area contributed by atoms with E-state index in [2.05, 4.69) is 87.9 Å². The van der Waals surface area contributed by atoms with Gasteiger partial charge in [-0.2, -0.15) is 0 Å². The summed E-state index contributed by atoms with van der Waals surface area (Å²) in [5, 5.41) is 1.77. The van der Waals surface area contributed by atoms with Gasteiger partial charge in [-0.1, -0.05) is 216 Å². The van der Waals surface area contributed by atoms with Crippen LogP contribution in [0.2, 0.25) is 0 Å². The van der Waals surface area contributed by atoms with E-state index in [0.29, 0.717) is 64.2 Å². The van der Waals surface area contributed by atoms with E-state index in [0.717, 1.165) is 88.6 Å². The lowest BCUT2D eigenvalue weighted by Crippen LogP contribution is -2.34. The summed E-state index contributed by atoms with van der Waals surface area (Å²) in [6.07, 6.45) is 34.9. The highest BCUT2D eigenvalue weighted by molar-refractivity contribution is 7.29. The van der Waals surface area contributed by atoms with E-state index in [4.69, 9.17) is 13.6 Å². The topological polar surface area (TPSA) is 93.2 Å². The zero-order chi connectivity index (χ0) is 59.0. The lowest BCUT2D eigenvalue weighted by molar-refractivity contribution is -0.124. The summed E-state index contributed by atoms with van der Waals surface area (Å²) in [6, 6.07) is 14.2. The molecule has 7 rings (SSSR count). The number of carbonyl (C=O) groups excluding carboxylic acids is 3. The number of rotatable bonds is 35. The monoisotopic (exact) mass is 1150 g/mol. The van der Waals surface area contributed by atoms with Crippen LogP contribution in [0.3, 0.4) is 0 Å². The van der Waals surface area contributed by atoms with E-state index in [1.54, 1.807) is 40.9 Å². The van der Waals surface area contributed by atoms with Crippen LogP contribution in [0, 0.1) is 11.8 Å². The van der Waals surface area contributed by atoms with Crippen molar-refractivity contribution in [2.45, 2.75) is 241 Å². The first-order valence-corrected chi connectivity index (χ1v) is 33.6. The molecule has 8 nitrogen and oxygen atoms in total. The SMILES string of the molecule is C=C/C=C(\C=C/C)OC(=O)c1cc2cc(-c3ccc(C4=C5C(=O)N(CC(CCCCCC)CCCCCCCC)C(c6ccc(C(C)(C)C)o6)=C5C(=O)N4CC(CCCCCC)CCCCCCCC)o3)sc2c2sc(C(C)(C)C)cc12. The first-order valence-electron chi connectivity index (χ1n) is 32.0. The predicted octanol–water partition coefficient (Wildman–Crippen LogP) is 21.8. The van der Waals surface area contributed by atoms with Crippen molar-refractivity contribution in [1.82, 2.24) is 9.80 Å². The first kappa shape index (κ1) is 64.4. The Hall–Kier alpha value is -5.19. The minimum Gasteiger partial charge on any atom is -0.459 e. The molecule has 0 saturated carbocycles. The van der Waals surface area contributed by atoms with Gasteiger partial charge in [-0.05, 0) is 110 Å². The minimum absolute atomic E-state index is 0.143. The molecule has 4 aromatic heterocycles. The number of carbonyl (C=O) groups is 3. The van der Waals surface area contributed by atoms with E-state index in [1.807, 2.05) is 53.1 Å². The van der Waals surface area contributed by atoms with E-state index in [9.17, 15) is 4.79 Å². The van der Waals surface area contributed by atoms with Crippen molar-refractivity contribution >= 4 is 72.0 Å². The molecule has 5 aromatic rings. The molecule has 2 aliphatic heterocycles. The molecule has 0 bridgehead atoms. The molecule has 1 aromatic carbocycles. The number of nitrogens with zero attached hydrogens (tertiary/aromatic N) is 2. The maximum atomic E-state index is 16.0. The van der Waals surface area contributed by atoms with Crippen LogP contribution in [-0.4, -0.2) is 40.7 Å². The van der Waals surface area contributed by atoms with Crippen LogP contribution in [0.25, 0.3) is 42.2 Å². The molecule has 2 aliphatic rings. The second-order valence-corrected chi connectivity index (χ2v) is 27.8. The van der Waals surface area contributed by atoms with Gasteiger partial charge >= 0.3 is 5.97 Å². The van der Waals surface area contributed by atoms with Gasteiger partial charge in [0.25, 0.3) is 11.8 Å². The van der Waals surface area contributed by atoms with Crippen molar-refractivity contribution in [2.24, 2.45) is 11.8 Å². The Morgan fingerprint density at radius 3 is 1.55 bits per heavy atom. The Labute approximate surface area is 501 Å². The van der Waals surface area contributed by atoms with Gasteiger partial charge in [0, 0.05) is 28.8 Å². The maximum absolute atomic E-state index is 16.0. The number of fused-ring (bicyclic) bond motifs is 4. The molecule has 6 heterocycles. The van der Waals surface area contributed by atoms with Gasteiger partial charge in [-0.3, -0.25) is 9.59 Å². The molecule has 10 heteroatoms. The second-order valence-electron chi connectivity index (χ2n) is 25.7. The van der Waals surface area contributed by atoms with Crippen LogP contribution in [0.5, 0.6) is 0 Å². The third kappa shape index (κ3) is 16.2. The molecule has 0 N–H and O–H groups in total. The highest BCUT2D eigenvalue weighted by atomic mass is 32.1. The summed E-state index contributed by atoms with van der Waals surface area (Å²) >= 11 is 3.35. The molecule has 0 saturated heterocycles. The fourth-order valence-corrected chi connectivity index (χ4v) is 14.4. The van der Waals surface area contributed by atoms with Crippen LogP contribution in [-0.2, 0) is 25.2 Å². The number of ether oxygens (including phenoxy) is 1. The van der Waals surface area contributed by atoms with Gasteiger partial charge in [0.05, 0.1) is 31.0 Å². The normalized spacial score (nSPS) is 15.2. The molecule has 82 heavy (non-hydrogen) atoms. The molecule has 0 spiro atoms. The van der Waals surface area contributed by atoms with E-state index in [1.165, 1.54) is 101 Å². The molecule has 0 fully saturated rings. The van der Waals surface area contributed by atoms with Crippen molar-refractivity contribution in [3.8, 4) is 10.6 Å². The average molecular weight is 1150 g/mol. The number of hydrogen-bond acceptors (Lipinski definition) is 8. The lowest BCUT2D eigenvalue weighted by atomic mass is 9.93. The van der Waals surface area contributed by atoms with Crippen LogP contribution in [0.4, 0.5) is 0 Å². The predicted molar refractivity (Wildman–Crippen MR) is 347 cm³/mol. The second kappa shape index (κ2) is 30.6. The van der Waals surface area contributed by atoms with Crippen LogP contribution < -0.4 is 0 Å². The summed E-state index contributed by atoms with van der Waals surface area (Å²) in [4.78, 5) is 52.1. The Morgan fingerprint density at radius 1 is 0.598 bits per heavy atom. The minimum atomic E-state index is -0.433. The Bertz CT molecular complexity index is 3060. The largest absolute Gasteiger partial charge is 0.459 e. The van der Waals surface area contributed by atoms with Gasteiger partial charge in [-0.15, -0.1) is 22.7 Å². The van der Waals surface area contributed by atoms with E-state index in [-0.39, 0.29) is 34.5 Å². The van der Waals surface area contributed by atoms with Crippen molar-refractivity contribution in [3.63, 3.8) is 0 Å². The number of hydrogen-bond donors (Lipinski definition) is 0. The van der Waals surface area contributed by atoms with Crippen LogP contribution in [0.1, 0.15) is 263 Å². The van der Waals surface area contributed by atoms with Crippen molar-refractivity contribution in [2.75, 3.05) is 13.1 Å². The Kier molecular flexibility index (Phi) is 24.0. The number of thiophene rings is 2. The van der Waals surface area contributed by atoms with Crippen molar-refractivity contribution in [3.05, 3.63) is 118 Å².